The number of hydrogen-bond acceptors (Lipinski definition) is 2. The molecule has 17 heavy (non-hydrogen) atoms. The van der Waals surface area contributed by atoms with E-state index in [0.29, 0.717) is 12.5 Å². The number of amides is 2. The fraction of sp³-hybridized carbons (Fsp3) is 0.462. The van der Waals surface area contributed by atoms with Gasteiger partial charge in [0, 0.05) is 19.6 Å². The van der Waals surface area contributed by atoms with E-state index in [1.807, 2.05) is 6.07 Å². The summed E-state index contributed by atoms with van der Waals surface area (Å²) in [4.78, 5) is 13.0. The van der Waals surface area contributed by atoms with Gasteiger partial charge in [0.15, 0.2) is 0 Å². The molecule has 0 radical (unpaired) electrons. The second-order valence-corrected chi connectivity index (χ2v) is 4.62. The Kier molecular flexibility index (Phi) is 3.98. The largest absolute Gasteiger partial charge is 0.352 e. The molecule has 2 rings (SSSR count). The monoisotopic (exact) mass is 233 g/mol. The first kappa shape index (κ1) is 11.9. The Bertz CT molecular complexity index is 366. The first-order chi connectivity index (χ1) is 8.24. The normalized spacial score (nSPS) is 20.4. The van der Waals surface area contributed by atoms with E-state index in [0.717, 1.165) is 26.1 Å². The SMILES string of the molecule is NC(=O)NCC1CCN(Cc2ccccc2)C1. The molecule has 0 spiro atoms. The van der Waals surface area contributed by atoms with Gasteiger partial charge in [-0.3, -0.25) is 4.90 Å². The Balaban J connectivity index is 1.76. The Morgan fingerprint density at radius 3 is 2.88 bits per heavy atom. The number of nitrogens with two attached hydrogens (primary N) is 1. The van der Waals surface area contributed by atoms with Crippen LogP contribution in [0.5, 0.6) is 0 Å². The Morgan fingerprint density at radius 2 is 2.18 bits per heavy atom. The summed E-state index contributed by atoms with van der Waals surface area (Å²) < 4.78 is 0. The highest BCUT2D eigenvalue weighted by atomic mass is 16.2. The van der Waals surface area contributed by atoms with Crippen molar-refractivity contribution in [2.24, 2.45) is 11.7 Å². The van der Waals surface area contributed by atoms with Gasteiger partial charge >= 0.3 is 6.03 Å². The topological polar surface area (TPSA) is 58.4 Å². The predicted octanol–water partition coefficient (Wildman–Crippen LogP) is 1.18. The second kappa shape index (κ2) is 5.68. The molecule has 1 aliphatic rings. The van der Waals surface area contributed by atoms with Gasteiger partial charge in [0.05, 0.1) is 0 Å². The highest BCUT2D eigenvalue weighted by molar-refractivity contribution is 5.71. The molecular weight excluding hydrogens is 214 g/mol. The molecule has 4 heteroatoms. The van der Waals surface area contributed by atoms with Crippen molar-refractivity contribution in [3.63, 3.8) is 0 Å². The molecule has 3 N–H and O–H groups in total. The molecule has 4 nitrogen and oxygen atoms in total. The van der Waals surface area contributed by atoms with Gasteiger partial charge in [0.25, 0.3) is 0 Å². The van der Waals surface area contributed by atoms with E-state index in [1.54, 1.807) is 0 Å². The first-order valence-electron chi connectivity index (χ1n) is 6.03. The van der Waals surface area contributed by atoms with Crippen molar-refractivity contribution in [2.45, 2.75) is 13.0 Å². The molecule has 1 aromatic carbocycles. The van der Waals surface area contributed by atoms with Crippen LogP contribution in [0.15, 0.2) is 30.3 Å². The highest BCUT2D eigenvalue weighted by Crippen LogP contribution is 2.17. The average Bonchev–Trinajstić information content (AvgIpc) is 2.75. The summed E-state index contributed by atoms with van der Waals surface area (Å²) in [7, 11) is 0. The van der Waals surface area contributed by atoms with E-state index < -0.39 is 6.03 Å². The number of rotatable bonds is 4. The molecule has 92 valence electrons. The van der Waals surface area contributed by atoms with Crippen LogP contribution in [0.2, 0.25) is 0 Å². The van der Waals surface area contributed by atoms with E-state index in [1.165, 1.54) is 5.56 Å². The van der Waals surface area contributed by atoms with Crippen molar-refractivity contribution >= 4 is 6.03 Å². The molecule has 2 amide bonds. The average molecular weight is 233 g/mol. The number of urea groups is 1. The van der Waals surface area contributed by atoms with Crippen molar-refractivity contribution in [1.82, 2.24) is 10.2 Å². The van der Waals surface area contributed by atoms with E-state index in [-0.39, 0.29) is 0 Å². The summed E-state index contributed by atoms with van der Waals surface area (Å²) in [6.45, 7) is 3.82. The molecule has 0 saturated carbocycles. The minimum Gasteiger partial charge on any atom is -0.352 e. The van der Waals surface area contributed by atoms with E-state index in [4.69, 9.17) is 5.73 Å². The molecule has 1 heterocycles. The fourth-order valence-corrected chi connectivity index (χ4v) is 2.31. The third kappa shape index (κ3) is 3.75. The lowest BCUT2D eigenvalue weighted by Gasteiger charge is -2.16. The van der Waals surface area contributed by atoms with E-state index in [9.17, 15) is 4.79 Å². The molecule has 0 aliphatic carbocycles. The van der Waals surface area contributed by atoms with Gasteiger partial charge < -0.3 is 11.1 Å². The maximum Gasteiger partial charge on any atom is 0.312 e. The van der Waals surface area contributed by atoms with Crippen LogP contribution in [0.3, 0.4) is 0 Å². The number of nitrogens with zero attached hydrogens (tertiary/aromatic N) is 1. The quantitative estimate of drug-likeness (QED) is 0.820. The van der Waals surface area contributed by atoms with Crippen LogP contribution in [-0.2, 0) is 6.54 Å². The van der Waals surface area contributed by atoms with E-state index >= 15 is 0 Å². The summed E-state index contributed by atoms with van der Waals surface area (Å²) >= 11 is 0. The van der Waals surface area contributed by atoms with Crippen LogP contribution >= 0.6 is 0 Å². The number of carbonyl (C=O) groups is 1. The minimum absolute atomic E-state index is 0.425. The summed E-state index contributed by atoms with van der Waals surface area (Å²) in [6, 6.07) is 10.0. The molecular formula is C13H19N3O. The second-order valence-electron chi connectivity index (χ2n) is 4.62. The number of primary amides is 1. The van der Waals surface area contributed by atoms with Crippen molar-refractivity contribution in [3.05, 3.63) is 35.9 Å². The molecule has 1 fully saturated rings. The van der Waals surface area contributed by atoms with Gasteiger partial charge in [-0.1, -0.05) is 30.3 Å². The number of hydrogen-bond donors (Lipinski definition) is 2. The third-order valence-electron chi connectivity index (χ3n) is 3.18. The Morgan fingerprint density at radius 1 is 1.41 bits per heavy atom. The lowest BCUT2D eigenvalue weighted by atomic mass is 10.1. The zero-order valence-corrected chi connectivity index (χ0v) is 9.93. The molecule has 1 atom stereocenters. The standard InChI is InChI=1S/C13H19N3O/c14-13(17)15-8-12-6-7-16(10-12)9-11-4-2-1-3-5-11/h1-5,12H,6-10H2,(H3,14,15,17). The molecule has 1 unspecified atom stereocenters. The summed E-state index contributed by atoms with van der Waals surface area (Å²) in [6.07, 6.45) is 1.13. The Hall–Kier alpha value is -1.55. The van der Waals surface area contributed by atoms with Crippen molar-refractivity contribution in [1.29, 1.82) is 0 Å². The molecule has 1 aromatic rings. The van der Waals surface area contributed by atoms with Gasteiger partial charge in [0.1, 0.15) is 0 Å². The zero-order chi connectivity index (χ0) is 12.1. The maximum atomic E-state index is 10.6. The first-order valence-corrected chi connectivity index (χ1v) is 6.03. The summed E-state index contributed by atoms with van der Waals surface area (Å²) in [5.41, 5.74) is 6.41. The number of likely N-dealkylation sites (tertiary alicyclic amines) is 1. The lowest BCUT2D eigenvalue weighted by molar-refractivity contribution is 0.246. The van der Waals surface area contributed by atoms with Crippen LogP contribution in [0.4, 0.5) is 4.79 Å². The molecule has 1 saturated heterocycles. The summed E-state index contributed by atoms with van der Waals surface area (Å²) in [5, 5.41) is 2.68. The maximum absolute atomic E-state index is 10.6. The smallest absolute Gasteiger partial charge is 0.312 e. The van der Waals surface area contributed by atoms with Gasteiger partial charge in [-0.05, 0) is 24.4 Å². The summed E-state index contributed by atoms with van der Waals surface area (Å²) in [5.74, 6) is 0.534. The van der Waals surface area contributed by atoms with Crippen LogP contribution in [0.1, 0.15) is 12.0 Å². The fourth-order valence-electron chi connectivity index (χ4n) is 2.31. The van der Waals surface area contributed by atoms with Gasteiger partial charge in [-0.2, -0.15) is 0 Å². The lowest BCUT2D eigenvalue weighted by Crippen LogP contribution is -2.34. The molecule has 1 aliphatic heterocycles. The van der Waals surface area contributed by atoms with Crippen LogP contribution in [-0.4, -0.2) is 30.6 Å². The third-order valence-corrected chi connectivity index (χ3v) is 3.18. The van der Waals surface area contributed by atoms with Gasteiger partial charge in [-0.25, -0.2) is 4.79 Å². The number of carbonyl (C=O) groups excluding carboxylic acids is 1. The van der Waals surface area contributed by atoms with Crippen molar-refractivity contribution in [2.75, 3.05) is 19.6 Å². The van der Waals surface area contributed by atoms with Crippen LogP contribution in [0.25, 0.3) is 0 Å². The minimum atomic E-state index is -0.425. The predicted molar refractivity (Wildman–Crippen MR) is 67.4 cm³/mol. The number of nitrogens with one attached hydrogen (secondary N) is 1. The van der Waals surface area contributed by atoms with Crippen LogP contribution < -0.4 is 11.1 Å². The van der Waals surface area contributed by atoms with Crippen molar-refractivity contribution < 1.29 is 4.79 Å². The van der Waals surface area contributed by atoms with Gasteiger partial charge in [0.2, 0.25) is 0 Å². The molecule has 0 aromatic heterocycles. The highest BCUT2D eigenvalue weighted by Gasteiger charge is 2.22. The van der Waals surface area contributed by atoms with E-state index in [2.05, 4.69) is 34.5 Å². The van der Waals surface area contributed by atoms with Crippen LogP contribution in [0, 0.1) is 5.92 Å². The Labute approximate surface area is 102 Å². The number of benzene rings is 1. The molecule has 0 bridgehead atoms. The van der Waals surface area contributed by atoms with Crippen molar-refractivity contribution in [3.8, 4) is 0 Å². The zero-order valence-electron chi connectivity index (χ0n) is 9.93. The van der Waals surface area contributed by atoms with Gasteiger partial charge in [-0.15, -0.1) is 0 Å².